The van der Waals surface area contributed by atoms with Crippen LogP contribution in [0.15, 0.2) is 35.9 Å². The van der Waals surface area contributed by atoms with Gasteiger partial charge >= 0.3 is 5.97 Å². The van der Waals surface area contributed by atoms with E-state index in [0.717, 1.165) is 51.2 Å². The molecule has 0 aromatic heterocycles. The number of anilines is 1. The second kappa shape index (κ2) is 8.38. The molecule has 0 amide bonds. The number of methoxy groups -OCH3 is 1. The normalized spacial score (nSPS) is 37.4. The first-order chi connectivity index (χ1) is 15.4. The first kappa shape index (κ1) is 21.8. The summed E-state index contributed by atoms with van der Waals surface area (Å²) in [6.07, 6.45) is 4.54. The van der Waals surface area contributed by atoms with Crippen LogP contribution >= 0.6 is 0 Å². The smallest absolute Gasteiger partial charge is 0.311 e. The zero-order valence-corrected chi connectivity index (χ0v) is 19.5. The molecule has 3 fully saturated rings. The number of ether oxygens (including phenoxy) is 2. The molecule has 0 bridgehead atoms. The molecular weight excluding hydrogens is 404 g/mol. The van der Waals surface area contributed by atoms with E-state index in [-0.39, 0.29) is 29.3 Å². The summed E-state index contributed by atoms with van der Waals surface area (Å²) in [7, 11) is 1.68. The monoisotopic (exact) mass is 440 g/mol. The van der Waals surface area contributed by atoms with Crippen molar-refractivity contribution in [3.8, 4) is 5.75 Å². The SMILES string of the molecule is COc1ccc(N2CCN(C[C@H]3C(=O)O[C@@H]4CC5=CCC[C@H](C)[C@@]5(C)[C@@H](O)[C@@H]43)CC2)cc1. The fraction of sp³-hybridized carbons (Fsp3) is 0.654. The highest BCUT2D eigenvalue weighted by molar-refractivity contribution is 5.76. The molecule has 0 unspecified atom stereocenters. The molecule has 1 saturated carbocycles. The minimum absolute atomic E-state index is 0.107. The van der Waals surface area contributed by atoms with Gasteiger partial charge in [0.05, 0.1) is 19.1 Å². The third-order valence-corrected chi connectivity index (χ3v) is 8.84. The summed E-state index contributed by atoms with van der Waals surface area (Å²) in [6, 6.07) is 8.19. The Balaban J connectivity index is 1.25. The Labute approximate surface area is 191 Å². The number of aliphatic hydroxyl groups excluding tert-OH is 1. The lowest BCUT2D eigenvalue weighted by Crippen LogP contribution is -2.55. The van der Waals surface area contributed by atoms with Gasteiger partial charge in [0.2, 0.25) is 0 Å². The van der Waals surface area contributed by atoms with Gasteiger partial charge in [-0.2, -0.15) is 0 Å². The Morgan fingerprint density at radius 3 is 2.59 bits per heavy atom. The standard InChI is InChI=1S/C26H36N2O4/c1-17-5-4-6-18-15-22-23(24(29)26(17,18)2)21(25(30)32-22)16-27-11-13-28(14-12-27)19-7-9-20(31-3)10-8-19/h6-10,17,21-24,29H,4-5,11-16H2,1-3H3/t17-,21+,22+,23+,24-,26+/m0/s1. The number of esters is 1. The lowest BCUT2D eigenvalue weighted by atomic mass is 9.55. The van der Waals surface area contributed by atoms with Crippen LogP contribution in [0.5, 0.6) is 5.75 Å². The topological polar surface area (TPSA) is 62.2 Å². The van der Waals surface area contributed by atoms with Crippen LogP contribution in [0, 0.1) is 23.2 Å². The maximum absolute atomic E-state index is 12.9. The molecule has 6 atom stereocenters. The van der Waals surface area contributed by atoms with Crippen LogP contribution in [0.3, 0.4) is 0 Å². The van der Waals surface area contributed by atoms with E-state index >= 15 is 0 Å². The number of rotatable bonds is 4. The Bertz CT molecular complexity index is 876. The second-order valence-electron chi connectivity index (χ2n) is 10.3. The third kappa shape index (κ3) is 3.52. The Hall–Kier alpha value is -2.05. The number of piperazine rings is 1. The van der Waals surface area contributed by atoms with Crippen molar-refractivity contribution in [3.05, 3.63) is 35.9 Å². The summed E-state index contributed by atoms with van der Waals surface area (Å²) in [5.41, 5.74) is 2.26. The van der Waals surface area contributed by atoms with Crippen LogP contribution in [0.25, 0.3) is 0 Å². The largest absolute Gasteiger partial charge is 0.497 e. The molecule has 2 saturated heterocycles. The lowest BCUT2D eigenvalue weighted by molar-refractivity contribution is -0.145. The van der Waals surface area contributed by atoms with Gasteiger partial charge < -0.3 is 19.5 Å². The number of aliphatic hydroxyl groups is 1. The maximum Gasteiger partial charge on any atom is 0.311 e. The van der Waals surface area contributed by atoms with Crippen molar-refractivity contribution >= 4 is 11.7 Å². The minimum Gasteiger partial charge on any atom is -0.497 e. The van der Waals surface area contributed by atoms with Crippen molar-refractivity contribution < 1.29 is 19.4 Å². The molecule has 0 radical (unpaired) electrons. The van der Waals surface area contributed by atoms with Crippen molar-refractivity contribution in [2.75, 3.05) is 44.7 Å². The zero-order valence-electron chi connectivity index (χ0n) is 19.5. The summed E-state index contributed by atoms with van der Waals surface area (Å²) in [6.45, 7) is 8.79. The quantitative estimate of drug-likeness (QED) is 0.574. The van der Waals surface area contributed by atoms with Crippen molar-refractivity contribution in [1.29, 1.82) is 0 Å². The minimum atomic E-state index is -0.528. The van der Waals surface area contributed by atoms with Gasteiger partial charge in [0.15, 0.2) is 0 Å². The predicted molar refractivity (Wildman–Crippen MR) is 124 cm³/mol. The number of benzene rings is 1. The fourth-order valence-electron chi connectivity index (χ4n) is 6.53. The third-order valence-electron chi connectivity index (χ3n) is 8.84. The zero-order chi connectivity index (χ0) is 22.5. The average molecular weight is 441 g/mol. The summed E-state index contributed by atoms with van der Waals surface area (Å²) in [5.74, 6) is 0.821. The fourth-order valence-corrected chi connectivity index (χ4v) is 6.53. The van der Waals surface area contributed by atoms with Crippen molar-refractivity contribution in [3.63, 3.8) is 0 Å². The number of hydrogen-bond acceptors (Lipinski definition) is 6. The van der Waals surface area contributed by atoms with Gasteiger partial charge in [-0.1, -0.05) is 25.5 Å². The van der Waals surface area contributed by atoms with Crippen molar-refractivity contribution in [2.45, 2.75) is 45.3 Å². The van der Waals surface area contributed by atoms with E-state index in [1.165, 1.54) is 11.3 Å². The van der Waals surface area contributed by atoms with E-state index in [1.807, 2.05) is 12.1 Å². The van der Waals surface area contributed by atoms with Gasteiger partial charge in [-0.15, -0.1) is 0 Å². The van der Waals surface area contributed by atoms with Crippen molar-refractivity contribution in [2.24, 2.45) is 23.2 Å². The molecule has 1 aromatic rings. The molecule has 32 heavy (non-hydrogen) atoms. The van der Waals surface area contributed by atoms with Gasteiger partial charge in [0, 0.05) is 56.2 Å². The van der Waals surface area contributed by atoms with Crippen LogP contribution in [0.1, 0.15) is 33.1 Å². The molecule has 2 aliphatic heterocycles. The molecule has 2 heterocycles. The van der Waals surface area contributed by atoms with Gasteiger partial charge in [-0.3, -0.25) is 9.69 Å². The second-order valence-corrected chi connectivity index (χ2v) is 10.3. The predicted octanol–water partition coefficient (Wildman–Crippen LogP) is 3.10. The molecule has 6 heteroatoms. The van der Waals surface area contributed by atoms with Gasteiger partial charge in [0.25, 0.3) is 0 Å². The van der Waals surface area contributed by atoms with Crippen LogP contribution in [0.4, 0.5) is 5.69 Å². The van der Waals surface area contributed by atoms with Crippen LogP contribution in [0.2, 0.25) is 0 Å². The van der Waals surface area contributed by atoms with Gasteiger partial charge in [0.1, 0.15) is 11.9 Å². The molecule has 174 valence electrons. The van der Waals surface area contributed by atoms with Gasteiger partial charge in [-0.05, 0) is 43.0 Å². The molecule has 5 rings (SSSR count). The summed E-state index contributed by atoms with van der Waals surface area (Å²) < 4.78 is 11.1. The first-order valence-corrected chi connectivity index (χ1v) is 12.1. The molecule has 2 aliphatic carbocycles. The van der Waals surface area contributed by atoms with E-state index in [4.69, 9.17) is 9.47 Å². The number of fused-ring (bicyclic) bond motifs is 2. The first-order valence-electron chi connectivity index (χ1n) is 12.1. The molecule has 4 aliphatic rings. The van der Waals surface area contributed by atoms with E-state index in [0.29, 0.717) is 12.5 Å². The highest BCUT2D eigenvalue weighted by Crippen LogP contribution is 2.56. The van der Waals surface area contributed by atoms with Gasteiger partial charge in [-0.25, -0.2) is 0 Å². The Morgan fingerprint density at radius 2 is 1.91 bits per heavy atom. The molecule has 6 nitrogen and oxygen atoms in total. The molecule has 1 aromatic carbocycles. The molecular formula is C26H36N2O4. The Morgan fingerprint density at radius 1 is 1.19 bits per heavy atom. The number of carbonyl (C=O) groups is 1. The number of hydrogen-bond donors (Lipinski definition) is 1. The lowest BCUT2D eigenvalue weighted by Gasteiger charge is -2.52. The number of nitrogens with zero attached hydrogens (tertiary/aromatic N) is 2. The highest BCUT2D eigenvalue weighted by atomic mass is 16.6. The Kier molecular flexibility index (Phi) is 5.70. The van der Waals surface area contributed by atoms with Crippen LogP contribution in [-0.2, 0) is 9.53 Å². The van der Waals surface area contributed by atoms with E-state index in [1.54, 1.807) is 7.11 Å². The number of allylic oxidation sites excluding steroid dienone is 1. The van der Waals surface area contributed by atoms with Crippen LogP contribution in [-0.4, -0.2) is 68.0 Å². The highest BCUT2D eigenvalue weighted by Gasteiger charge is 2.59. The molecule has 0 spiro atoms. The summed E-state index contributed by atoms with van der Waals surface area (Å²) in [5, 5.41) is 11.5. The summed E-state index contributed by atoms with van der Waals surface area (Å²) >= 11 is 0. The molecule has 1 N–H and O–H groups in total. The van der Waals surface area contributed by atoms with E-state index < -0.39 is 6.10 Å². The van der Waals surface area contributed by atoms with Crippen molar-refractivity contribution in [1.82, 2.24) is 4.90 Å². The van der Waals surface area contributed by atoms with Crippen LogP contribution < -0.4 is 9.64 Å². The summed E-state index contributed by atoms with van der Waals surface area (Å²) in [4.78, 5) is 17.6. The van der Waals surface area contributed by atoms with E-state index in [2.05, 4.69) is 41.9 Å². The average Bonchev–Trinajstić information content (AvgIpc) is 3.11. The van der Waals surface area contributed by atoms with E-state index in [9.17, 15) is 9.90 Å². The maximum atomic E-state index is 12.9. The number of carbonyl (C=O) groups excluding carboxylic acids is 1.